The van der Waals surface area contributed by atoms with E-state index in [2.05, 4.69) is 78.4 Å². The first-order chi connectivity index (χ1) is 13.4. The highest BCUT2D eigenvalue weighted by molar-refractivity contribution is 5.85. The van der Waals surface area contributed by atoms with Gasteiger partial charge >= 0.3 is 0 Å². The van der Waals surface area contributed by atoms with Crippen LogP contribution in [0.5, 0.6) is 0 Å². The number of nitrogens with one attached hydrogen (secondary N) is 2. The van der Waals surface area contributed by atoms with Crippen molar-refractivity contribution in [2.75, 3.05) is 13.1 Å². The van der Waals surface area contributed by atoms with Gasteiger partial charge in [0.2, 0.25) is 0 Å². The van der Waals surface area contributed by atoms with Gasteiger partial charge in [-0.1, -0.05) is 12.1 Å². The second kappa shape index (κ2) is 7.66. The number of aliphatic hydroxyl groups excluding tert-OH is 1. The fraction of sp³-hybridized carbons (Fsp3) is 0.435. The van der Waals surface area contributed by atoms with E-state index in [1.54, 1.807) is 0 Å². The molecule has 28 heavy (non-hydrogen) atoms. The van der Waals surface area contributed by atoms with E-state index in [1.807, 2.05) is 0 Å². The SMILES string of the molecule is CC(C)(C)NCc1cccc(-c2ccc3[nH]c(CN4CCC(O)C4)cc3c2)n1. The van der Waals surface area contributed by atoms with Crippen molar-refractivity contribution >= 4 is 10.9 Å². The Morgan fingerprint density at radius 3 is 2.82 bits per heavy atom. The number of hydrogen-bond donors (Lipinski definition) is 3. The van der Waals surface area contributed by atoms with Crippen LogP contribution < -0.4 is 5.32 Å². The second-order valence-electron chi connectivity index (χ2n) is 8.89. The Balaban J connectivity index is 1.53. The third-order valence-corrected chi connectivity index (χ3v) is 5.22. The molecule has 0 aliphatic carbocycles. The lowest BCUT2D eigenvalue weighted by Crippen LogP contribution is -2.35. The summed E-state index contributed by atoms with van der Waals surface area (Å²) in [6.07, 6.45) is 0.693. The molecule has 3 aromatic rings. The molecular formula is C23H30N4O. The van der Waals surface area contributed by atoms with Crippen LogP contribution in [0.15, 0.2) is 42.5 Å². The van der Waals surface area contributed by atoms with Gasteiger partial charge in [-0.3, -0.25) is 9.88 Å². The number of β-amino-alcohol motifs (C(OH)–C–C–N with tert-alkyl or cyclic N) is 1. The number of aromatic nitrogens is 2. The van der Waals surface area contributed by atoms with Gasteiger partial charge in [-0.25, -0.2) is 0 Å². The van der Waals surface area contributed by atoms with Crippen LogP contribution in [0.2, 0.25) is 0 Å². The summed E-state index contributed by atoms with van der Waals surface area (Å²) in [5, 5.41) is 14.4. The van der Waals surface area contributed by atoms with Gasteiger partial charge in [0.1, 0.15) is 0 Å². The summed E-state index contributed by atoms with van der Waals surface area (Å²) >= 11 is 0. The van der Waals surface area contributed by atoms with Crippen LogP contribution in [0.4, 0.5) is 0 Å². The summed E-state index contributed by atoms with van der Waals surface area (Å²) in [6, 6.07) is 14.9. The molecule has 5 heteroatoms. The van der Waals surface area contributed by atoms with E-state index < -0.39 is 0 Å². The van der Waals surface area contributed by atoms with Gasteiger partial charge in [-0.2, -0.15) is 0 Å². The minimum absolute atomic E-state index is 0.0729. The number of rotatable bonds is 5. The molecule has 1 saturated heterocycles. The quantitative estimate of drug-likeness (QED) is 0.634. The first kappa shape index (κ1) is 19.1. The van der Waals surface area contributed by atoms with Crippen LogP contribution in [-0.2, 0) is 13.1 Å². The summed E-state index contributed by atoms with van der Waals surface area (Å²) in [5.41, 5.74) is 5.59. The number of H-pyrrole nitrogens is 1. The molecular weight excluding hydrogens is 348 g/mol. The lowest BCUT2D eigenvalue weighted by atomic mass is 10.1. The van der Waals surface area contributed by atoms with E-state index in [-0.39, 0.29) is 11.6 Å². The standard InChI is InChI=1S/C23H30N4O/c1-23(2,3)24-13-18-5-4-6-21(25-18)16-7-8-22-17(11-16)12-19(26-22)14-27-10-9-20(28)15-27/h4-8,11-12,20,24,26,28H,9-10,13-15H2,1-3H3. The van der Waals surface area contributed by atoms with Crippen LogP contribution in [0.1, 0.15) is 38.6 Å². The van der Waals surface area contributed by atoms with Gasteiger partial charge in [-0.05, 0) is 57.5 Å². The van der Waals surface area contributed by atoms with Crippen molar-refractivity contribution in [2.24, 2.45) is 0 Å². The summed E-state index contributed by atoms with van der Waals surface area (Å²) < 4.78 is 0. The molecule has 1 atom stereocenters. The number of benzene rings is 1. The Labute approximate surface area is 166 Å². The highest BCUT2D eigenvalue weighted by Crippen LogP contribution is 2.25. The molecule has 1 unspecified atom stereocenters. The maximum atomic E-state index is 9.72. The molecule has 0 radical (unpaired) electrons. The van der Waals surface area contributed by atoms with Crippen molar-refractivity contribution in [1.29, 1.82) is 0 Å². The first-order valence-corrected chi connectivity index (χ1v) is 10.1. The zero-order valence-corrected chi connectivity index (χ0v) is 17.0. The largest absolute Gasteiger partial charge is 0.392 e. The van der Waals surface area contributed by atoms with E-state index in [9.17, 15) is 5.11 Å². The molecule has 3 heterocycles. The van der Waals surface area contributed by atoms with E-state index in [4.69, 9.17) is 4.98 Å². The predicted molar refractivity (Wildman–Crippen MR) is 114 cm³/mol. The Bertz CT molecular complexity index is 957. The summed E-state index contributed by atoms with van der Waals surface area (Å²) in [5.74, 6) is 0. The molecule has 0 bridgehead atoms. The van der Waals surface area contributed by atoms with E-state index in [0.717, 1.165) is 55.1 Å². The van der Waals surface area contributed by atoms with Crippen molar-refractivity contribution in [1.82, 2.24) is 20.2 Å². The summed E-state index contributed by atoms with van der Waals surface area (Å²) in [4.78, 5) is 10.6. The summed E-state index contributed by atoms with van der Waals surface area (Å²) in [7, 11) is 0. The van der Waals surface area contributed by atoms with Crippen LogP contribution in [0.25, 0.3) is 22.2 Å². The zero-order chi connectivity index (χ0) is 19.7. The molecule has 0 saturated carbocycles. The van der Waals surface area contributed by atoms with Gasteiger partial charge in [0.15, 0.2) is 0 Å². The van der Waals surface area contributed by atoms with Gasteiger partial charge in [0.05, 0.1) is 17.5 Å². The van der Waals surface area contributed by atoms with Gasteiger partial charge in [0, 0.05) is 53.9 Å². The first-order valence-electron chi connectivity index (χ1n) is 10.1. The normalized spacial score (nSPS) is 18.2. The number of hydrogen-bond acceptors (Lipinski definition) is 4. The van der Waals surface area contributed by atoms with Crippen molar-refractivity contribution in [2.45, 2.75) is 51.9 Å². The minimum atomic E-state index is -0.179. The van der Waals surface area contributed by atoms with Gasteiger partial charge < -0.3 is 15.4 Å². The second-order valence-corrected chi connectivity index (χ2v) is 8.89. The fourth-order valence-electron chi connectivity index (χ4n) is 3.73. The molecule has 2 aromatic heterocycles. The van der Waals surface area contributed by atoms with Gasteiger partial charge in [0.25, 0.3) is 0 Å². The van der Waals surface area contributed by atoms with Crippen LogP contribution >= 0.6 is 0 Å². The highest BCUT2D eigenvalue weighted by Gasteiger charge is 2.20. The topological polar surface area (TPSA) is 64.2 Å². The minimum Gasteiger partial charge on any atom is -0.392 e. The summed E-state index contributed by atoms with van der Waals surface area (Å²) in [6.45, 7) is 9.83. The Hall–Kier alpha value is -2.21. The Kier molecular flexibility index (Phi) is 5.23. The molecule has 148 valence electrons. The molecule has 3 N–H and O–H groups in total. The third-order valence-electron chi connectivity index (χ3n) is 5.22. The molecule has 1 fully saturated rings. The van der Waals surface area contributed by atoms with Crippen molar-refractivity contribution in [3.63, 3.8) is 0 Å². The smallest absolute Gasteiger partial charge is 0.0706 e. The van der Waals surface area contributed by atoms with E-state index >= 15 is 0 Å². The number of pyridine rings is 1. The lowest BCUT2D eigenvalue weighted by Gasteiger charge is -2.20. The Morgan fingerprint density at radius 2 is 2.07 bits per heavy atom. The highest BCUT2D eigenvalue weighted by atomic mass is 16.3. The van der Waals surface area contributed by atoms with Crippen molar-refractivity contribution in [3.8, 4) is 11.3 Å². The zero-order valence-electron chi connectivity index (χ0n) is 17.0. The van der Waals surface area contributed by atoms with Crippen molar-refractivity contribution < 1.29 is 5.11 Å². The molecule has 1 aliphatic heterocycles. The van der Waals surface area contributed by atoms with E-state index in [0.29, 0.717) is 0 Å². The number of fused-ring (bicyclic) bond motifs is 1. The molecule has 1 aromatic carbocycles. The van der Waals surface area contributed by atoms with E-state index in [1.165, 1.54) is 11.1 Å². The van der Waals surface area contributed by atoms with Crippen LogP contribution in [0, 0.1) is 0 Å². The average Bonchev–Trinajstić information content (AvgIpc) is 3.24. The maximum Gasteiger partial charge on any atom is 0.0706 e. The number of nitrogens with zero attached hydrogens (tertiary/aromatic N) is 2. The monoisotopic (exact) mass is 378 g/mol. The Morgan fingerprint density at radius 1 is 1.21 bits per heavy atom. The molecule has 0 amide bonds. The lowest BCUT2D eigenvalue weighted by molar-refractivity contribution is 0.174. The maximum absolute atomic E-state index is 9.72. The van der Waals surface area contributed by atoms with Crippen molar-refractivity contribution in [3.05, 3.63) is 53.9 Å². The third kappa shape index (κ3) is 4.61. The number of aromatic amines is 1. The van der Waals surface area contributed by atoms with Gasteiger partial charge in [-0.15, -0.1) is 0 Å². The van der Waals surface area contributed by atoms with Crippen LogP contribution in [-0.4, -0.2) is 44.7 Å². The molecule has 4 rings (SSSR count). The molecule has 1 aliphatic rings. The molecule has 0 spiro atoms. The predicted octanol–water partition coefficient (Wildman–Crippen LogP) is 3.68. The average molecular weight is 379 g/mol. The number of aliphatic hydroxyl groups is 1. The fourth-order valence-corrected chi connectivity index (χ4v) is 3.73. The molecule has 5 nitrogen and oxygen atoms in total. The number of likely N-dealkylation sites (tertiary alicyclic amines) is 1. The van der Waals surface area contributed by atoms with Crippen LogP contribution in [0.3, 0.4) is 0 Å².